The highest BCUT2D eigenvalue weighted by molar-refractivity contribution is 6.51. The summed E-state index contributed by atoms with van der Waals surface area (Å²) in [5.74, 6) is 0. The van der Waals surface area contributed by atoms with E-state index in [4.69, 9.17) is 23.2 Å². The van der Waals surface area contributed by atoms with Crippen LogP contribution >= 0.6 is 23.2 Å². The van der Waals surface area contributed by atoms with E-state index in [1.807, 2.05) is 0 Å². The second-order valence-electron chi connectivity index (χ2n) is 2.56. The fourth-order valence-electron chi connectivity index (χ4n) is 1.22. The van der Waals surface area contributed by atoms with Gasteiger partial charge in [-0.2, -0.15) is 0 Å². The summed E-state index contributed by atoms with van der Waals surface area (Å²) in [4.78, 5) is 9.94. The molecule has 0 atom stereocenters. The fourth-order valence-corrected chi connectivity index (χ4v) is 1.76. The summed E-state index contributed by atoms with van der Waals surface area (Å²) in [5.41, 5.74) is 1.08. The van der Waals surface area contributed by atoms with Crippen LogP contribution in [0.4, 0.5) is 5.69 Å². The third kappa shape index (κ3) is 1.18. The lowest BCUT2D eigenvalue weighted by atomic mass is 9.90. The number of halogens is 2. The summed E-state index contributed by atoms with van der Waals surface area (Å²) in [6.07, 6.45) is 0. The molecule has 0 spiro atoms. The van der Waals surface area contributed by atoms with Gasteiger partial charge < -0.3 is 6.15 Å². The molecule has 1 aromatic carbocycles. The first-order chi connectivity index (χ1) is 5.53. The van der Waals surface area contributed by atoms with Crippen LogP contribution < -0.4 is 6.15 Å². The summed E-state index contributed by atoms with van der Waals surface area (Å²) < 4.78 is -1.16. The molecule has 0 saturated heterocycles. The number of nitro groups is 1. The molecule has 3 N–H and O–H groups in total. The number of benzene rings is 1. The molecule has 0 unspecified atom stereocenters. The first-order valence-corrected chi connectivity index (χ1v) is 3.96. The van der Waals surface area contributed by atoms with E-state index < -0.39 is 9.26 Å². The topological polar surface area (TPSA) is 78.1 Å². The Hall–Kier alpha value is -0.840. The molecule has 3 rings (SSSR count). The van der Waals surface area contributed by atoms with Gasteiger partial charge >= 0.3 is 0 Å². The van der Waals surface area contributed by atoms with Gasteiger partial charge in [-0.05, 0) is 17.7 Å². The predicted molar refractivity (Wildman–Crippen MR) is 50.6 cm³/mol. The first kappa shape index (κ1) is 10.2. The maximum absolute atomic E-state index is 10.4. The molecule has 70 valence electrons. The minimum Gasteiger partial charge on any atom is -0.344 e. The van der Waals surface area contributed by atoms with E-state index in [1.54, 1.807) is 12.1 Å². The third-order valence-electron chi connectivity index (χ3n) is 1.89. The molecule has 4 nitrogen and oxygen atoms in total. The van der Waals surface area contributed by atoms with Gasteiger partial charge in [-0.15, -0.1) is 0 Å². The molecular formula is C7H6Cl2N2O2. The number of fused-ring (bicyclic) bond motifs is 2. The molecule has 0 saturated carbocycles. The van der Waals surface area contributed by atoms with Gasteiger partial charge in [0.1, 0.15) is 0 Å². The van der Waals surface area contributed by atoms with Crippen molar-refractivity contribution in [2.45, 2.75) is 4.33 Å². The first-order valence-electron chi connectivity index (χ1n) is 3.20. The highest BCUT2D eigenvalue weighted by Crippen LogP contribution is 2.52. The van der Waals surface area contributed by atoms with E-state index in [0.717, 1.165) is 0 Å². The number of rotatable bonds is 1. The van der Waals surface area contributed by atoms with Gasteiger partial charge in [-0.3, -0.25) is 10.1 Å². The number of nitrogens with zero attached hydrogens (tertiary/aromatic N) is 1. The van der Waals surface area contributed by atoms with E-state index in [1.165, 1.54) is 6.07 Å². The third-order valence-corrected chi connectivity index (χ3v) is 2.74. The van der Waals surface area contributed by atoms with Crippen molar-refractivity contribution in [2.24, 2.45) is 0 Å². The van der Waals surface area contributed by atoms with Gasteiger partial charge in [0, 0.05) is 6.07 Å². The largest absolute Gasteiger partial charge is 0.344 e. The van der Waals surface area contributed by atoms with Crippen LogP contribution in [0, 0.1) is 10.1 Å². The molecule has 13 heavy (non-hydrogen) atoms. The van der Waals surface area contributed by atoms with E-state index in [0.29, 0.717) is 11.1 Å². The molecule has 0 heterocycles. The summed E-state index contributed by atoms with van der Waals surface area (Å²) in [6, 6.07) is 4.59. The highest BCUT2D eigenvalue weighted by atomic mass is 35.5. The second-order valence-corrected chi connectivity index (χ2v) is 3.89. The molecule has 2 aliphatic rings. The Morgan fingerprint density at radius 2 is 2.00 bits per heavy atom. The number of hydrogen-bond donors (Lipinski definition) is 1. The zero-order valence-corrected chi connectivity index (χ0v) is 7.97. The van der Waals surface area contributed by atoms with E-state index in [2.05, 4.69) is 0 Å². The number of hydrogen-bond acceptors (Lipinski definition) is 3. The Balaban J connectivity index is 0.000000845. The van der Waals surface area contributed by atoms with Gasteiger partial charge in [0.05, 0.1) is 10.5 Å². The SMILES string of the molecule is N.O=[N+]([O-])c1ccc2cc1C2(Cl)Cl. The molecule has 0 aromatic heterocycles. The van der Waals surface area contributed by atoms with Gasteiger partial charge in [0.2, 0.25) is 0 Å². The molecule has 2 bridgehead atoms. The Morgan fingerprint density at radius 1 is 1.38 bits per heavy atom. The average Bonchev–Trinajstić information content (AvgIpc) is 2.04. The van der Waals surface area contributed by atoms with Crippen molar-refractivity contribution in [3.05, 3.63) is 39.4 Å². The molecular weight excluding hydrogens is 215 g/mol. The van der Waals surface area contributed by atoms with Crippen molar-refractivity contribution in [2.75, 3.05) is 0 Å². The Labute approximate surface area is 84.2 Å². The normalized spacial score (nSPS) is 15.5. The smallest absolute Gasteiger partial charge is 0.275 e. The summed E-state index contributed by atoms with van der Waals surface area (Å²) in [6.45, 7) is 0. The lowest BCUT2D eigenvalue weighted by Crippen LogP contribution is -2.23. The van der Waals surface area contributed by atoms with E-state index in [-0.39, 0.29) is 11.8 Å². The van der Waals surface area contributed by atoms with Crippen molar-refractivity contribution in [3.8, 4) is 0 Å². The fraction of sp³-hybridized carbons (Fsp3) is 0.143. The minimum atomic E-state index is -1.16. The van der Waals surface area contributed by atoms with Gasteiger partial charge in [-0.25, -0.2) is 0 Å². The Bertz CT molecular complexity index is 375. The molecule has 2 aliphatic carbocycles. The van der Waals surface area contributed by atoms with E-state index in [9.17, 15) is 10.1 Å². The number of nitro benzene ring substituents is 1. The van der Waals surface area contributed by atoms with Crippen LogP contribution in [0.3, 0.4) is 0 Å². The van der Waals surface area contributed by atoms with Crippen molar-refractivity contribution in [3.63, 3.8) is 0 Å². The zero-order valence-electron chi connectivity index (χ0n) is 6.46. The zero-order chi connectivity index (χ0) is 8.93. The van der Waals surface area contributed by atoms with Gasteiger partial charge in [0.25, 0.3) is 5.69 Å². The Morgan fingerprint density at radius 3 is 2.31 bits per heavy atom. The highest BCUT2D eigenvalue weighted by Gasteiger charge is 2.43. The van der Waals surface area contributed by atoms with Gasteiger partial charge in [0.15, 0.2) is 4.33 Å². The molecule has 0 amide bonds. The van der Waals surface area contributed by atoms with E-state index >= 15 is 0 Å². The van der Waals surface area contributed by atoms with Crippen molar-refractivity contribution in [1.82, 2.24) is 6.15 Å². The summed E-state index contributed by atoms with van der Waals surface area (Å²) in [5, 5.41) is 10.4. The molecule has 1 aromatic rings. The maximum Gasteiger partial charge on any atom is 0.275 e. The Kier molecular flexibility index (Phi) is 2.23. The predicted octanol–water partition coefficient (Wildman–Crippen LogP) is 2.75. The van der Waals surface area contributed by atoms with Crippen LogP contribution in [0.5, 0.6) is 0 Å². The lowest BCUT2D eigenvalue weighted by Gasteiger charge is -2.29. The van der Waals surface area contributed by atoms with Crippen LogP contribution in [-0.4, -0.2) is 4.92 Å². The molecule has 0 aliphatic heterocycles. The summed E-state index contributed by atoms with van der Waals surface area (Å²) in [7, 11) is 0. The molecule has 6 heteroatoms. The van der Waals surface area contributed by atoms with Crippen LogP contribution in [0.15, 0.2) is 18.2 Å². The average molecular weight is 221 g/mol. The monoisotopic (exact) mass is 220 g/mol. The molecule has 0 radical (unpaired) electrons. The standard InChI is InChI=1S/C7H3Cl2NO2.H3N/c8-7(9)4-1-2-6(10(11)12)5(7)3-4;/h1-3H;1H3. The van der Waals surface area contributed by atoms with Crippen molar-refractivity contribution in [1.29, 1.82) is 0 Å². The van der Waals surface area contributed by atoms with Crippen LogP contribution in [0.1, 0.15) is 11.1 Å². The second kappa shape index (κ2) is 2.83. The van der Waals surface area contributed by atoms with Crippen LogP contribution in [0.25, 0.3) is 0 Å². The molecule has 0 fully saturated rings. The maximum atomic E-state index is 10.4. The quantitative estimate of drug-likeness (QED) is 0.449. The lowest BCUT2D eigenvalue weighted by molar-refractivity contribution is -0.385. The van der Waals surface area contributed by atoms with Gasteiger partial charge in [-0.1, -0.05) is 23.2 Å². The van der Waals surface area contributed by atoms with Crippen LogP contribution in [0.2, 0.25) is 0 Å². The minimum absolute atomic E-state index is 0. The van der Waals surface area contributed by atoms with Crippen molar-refractivity contribution < 1.29 is 4.92 Å². The van der Waals surface area contributed by atoms with Crippen LogP contribution in [-0.2, 0) is 4.33 Å². The van der Waals surface area contributed by atoms with Crippen molar-refractivity contribution >= 4 is 28.9 Å². The summed E-state index contributed by atoms with van der Waals surface area (Å²) >= 11 is 11.6. The number of alkyl halides is 2.